The lowest BCUT2D eigenvalue weighted by Crippen LogP contribution is -2.49. The van der Waals surface area contributed by atoms with Crippen LogP contribution in [0.4, 0.5) is 5.82 Å². The SMILES string of the molecule is CCCCS(=O)(=O)N1CCN(c2ccc(C#N)cn2)CC1. The third-order valence-corrected chi connectivity index (χ3v) is 5.55. The van der Waals surface area contributed by atoms with E-state index in [9.17, 15) is 8.42 Å². The van der Waals surface area contributed by atoms with Crippen LogP contribution in [0.5, 0.6) is 0 Å². The van der Waals surface area contributed by atoms with Crippen LogP contribution in [0.3, 0.4) is 0 Å². The van der Waals surface area contributed by atoms with E-state index in [1.54, 1.807) is 22.6 Å². The molecule has 2 heterocycles. The van der Waals surface area contributed by atoms with E-state index in [-0.39, 0.29) is 5.75 Å². The number of hydrogen-bond acceptors (Lipinski definition) is 5. The van der Waals surface area contributed by atoms with Crippen molar-refractivity contribution < 1.29 is 8.42 Å². The van der Waals surface area contributed by atoms with Gasteiger partial charge in [-0.15, -0.1) is 0 Å². The summed E-state index contributed by atoms with van der Waals surface area (Å²) in [7, 11) is -3.12. The Kier molecular flexibility index (Phi) is 5.15. The van der Waals surface area contributed by atoms with Crippen LogP contribution in [0.25, 0.3) is 0 Å². The molecule has 6 nitrogen and oxygen atoms in total. The summed E-state index contributed by atoms with van der Waals surface area (Å²) in [6.45, 7) is 4.24. The molecule has 0 radical (unpaired) electrons. The van der Waals surface area contributed by atoms with Crippen LogP contribution in [0.2, 0.25) is 0 Å². The van der Waals surface area contributed by atoms with Crippen LogP contribution in [0.15, 0.2) is 18.3 Å². The molecule has 0 spiro atoms. The van der Waals surface area contributed by atoms with Crippen LogP contribution in [-0.4, -0.2) is 49.6 Å². The van der Waals surface area contributed by atoms with Crippen molar-refractivity contribution in [3.63, 3.8) is 0 Å². The second kappa shape index (κ2) is 6.87. The number of unbranched alkanes of at least 4 members (excludes halogenated alkanes) is 1. The van der Waals surface area contributed by atoms with E-state index in [1.165, 1.54) is 0 Å². The van der Waals surface area contributed by atoms with Crippen LogP contribution in [0.1, 0.15) is 25.3 Å². The molecule has 0 amide bonds. The van der Waals surface area contributed by atoms with Crippen molar-refractivity contribution in [2.24, 2.45) is 0 Å². The Balaban J connectivity index is 1.95. The van der Waals surface area contributed by atoms with Crippen molar-refractivity contribution in [2.45, 2.75) is 19.8 Å². The van der Waals surface area contributed by atoms with Gasteiger partial charge in [-0.1, -0.05) is 13.3 Å². The van der Waals surface area contributed by atoms with E-state index in [2.05, 4.69) is 4.98 Å². The molecule has 0 aliphatic carbocycles. The van der Waals surface area contributed by atoms with Gasteiger partial charge in [0.05, 0.1) is 11.3 Å². The molecule has 0 bridgehead atoms. The molecule has 1 saturated heterocycles. The highest BCUT2D eigenvalue weighted by Gasteiger charge is 2.26. The Morgan fingerprint density at radius 1 is 1.29 bits per heavy atom. The molecule has 1 aromatic heterocycles. The number of rotatable bonds is 5. The summed E-state index contributed by atoms with van der Waals surface area (Å²) in [6, 6.07) is 5.57. The van der Waals surface area contributed by atoms with Gasteiger partial charge in [-0.3, -0.25) is 0 Å². The van der Waals surface area contributed by atoms with Gasteiger partial charge in [-0.05, 0) is 18.6 Å². The van der Waals surface area contributed by atoms with E-state index in [0.717, 1.165) is 12.2 Å². The van der Waals surface area contributed by atoms with Crippen LogP contribution in [0, 0.1) is 11.3 Å². The minimum absolute atomic E-state index is 0.235. The fraction of sp³-hybridized carbons (Fsp3) is 0.571. The molecular weight excluding hydrogens is 288 g/mol. The van der Waals surface area contributed by atoms with Gasteiger partial charge in [0.1, 0.15) is 11.9 Å². The third-order valence-electron chi connectivity index (χ3n) is 3.59. The van der Waals surface area contributed by atoms with Crippen molar-refractivity contribution in [3.05, 3.63) is 23.9 Å². The Bertz CT molecular complexity index is 599. The standard InChI is InChI=1S/C14H20N4O2S/c1-2-3-10-21(19,20)18-8-6-17(7-9-18)14-5-4-13(11-15)12-16-14/h4-5,12H,2-3,6-10H2,1H3. The highest BCUT2D eigenvalue weighted by molar-refractivity contribution is 7.89. The summed E-state index contributed by atoms with van der Waals surface area (Å²) < 4.78 is 25.8. The molecular formula is C14H20N4O2S. The second-order valence-corrected chi connectivity index (χ2v) is 7.16. The van der Waals surface area contributed by atoms with Gasteiger partial charge in [0.2, 0.25) is 10.0 Å². The van der Waals surface area contributed by atoms with Crippen LogP contribution < -0.4 is 4.90 Å². The summed E-state index contributed by atoms with van der Waals surface area (Å²) >= 11 is 0. The largest absolute Gasteiger partial charge is 0.354 e. The predicted molar refractivity (Wildman–Crippen MR) is 81.4 cm³/mol. The summed E-state index contributed by atoms with van der Waals surface area (Å²) in [5, 5.41) is 8.76. The predicted octanol–water partition coefficient (Wildman–Crippen LogP) is 1.21. The lowest BCUT2D eigenvalue weighted by Gasteiger charge is -2.34. The molecule has 0 unspecified atom stereocenters. The number of pyridine rings is 1. The summed E-state index contributed by atoms with van der Waals surface area (Å²) in [6.07, 6.45) is 3.13. The van der Waals surface area contributed by atoms with Crippen LogP contribution in [-0.2, 0) is 10.0 Å². The number of anilines is 1. The van der Waals surface area contributed by atoms with Gasteiger partial charge in [0, 0.05) is 32.4 Å². The van der Waals surface area contributed by atoms with Crippen molar-refractivity contribution in [3.8, 4) is 6.07 Å². The van der Waals surface area contributed by atoms with Crippen molar-refractivity contribution in [2.75, 3.05) is 36.8 Å². The fourth-order valence-corrected chi connectivity index (χ4v) is 3.92. The minimum Gasteiger partial charge on any atom is -0.354 e. The number of piperazine rings is 1. The smallest absolute Gasteiger partial charge is 0.214 e. The lowest BCUT2D eigenvalue weighted by atomic mass is 10.3. The first-order valence-corrected chi connectivity index (χ1v) is 8.76. The molecule has 2 rings (SSSR count). The molecule has 114 valence electrons. The number of hydrogen-bond donors (Lipinski definition) is 0. The Labute approximate surface area is 126 Å². The molecule has 1 aliphatic heterocycles. The van der Waals surface area contributed by atoms with Gasteiger partial charge in [-0.2, -0.15) is 9.57 Å². The van der Waals surface area contributed by atoms with Gasteiger partial charge < -0.3 is 4.90 Å². The second-order valence-electron chi connectivity index (χ2n) is 5.07. The monoisotopic (exact) mass is 308 g/mol. The number of aromatic nitrogens is 1. The lowest BCUT2D eigenvalue weighted by molar-refractivity contribution is 0.383. The van der Waals surface area contributed by atoms with Crippen molar-refractivity contribution in [1.82, 2.24) is 9.29 Å². The van der Waals surface area contributed by atoms with E-state index in [4.69, 9.17) is 5.26 Å². The first-order valence-electron chi connectivity index (χ1n) is 7.15. The minimum atomic E-state index is -3.12. The number of sulfonamides is 1. The normalized spacial score (nSPS) is 16.7. The topological polar surface area (TPSA) is 77.3 Å². The molecule has 0 N–H and O–H groups in total. The van der Waals surface area contributed by atoms with Gasteiger partial charge >= 0.3 is 0 Å². The number of nitrogens with zero attached hydrogens (tertiary/aromatic N) is 4. The van der Waals surface area contributed by atoms with Crippen molar-refractivity contribution in [1.29, 1.82) is 5.26 Å². The quantitative estimate of drug-likeness (QED) is 0.817. The Hall–Kier alpha value is -1.65. The highest BCUT2D eigenvalue weighted by atomic mass is 32.2. The maximum absolute atomic E-state index is 12.1. The maximum atomic E-state index is 12.1. The first-order chi connectivity index (χ1) is 10.1. The third kappa shape index (κ3) is 3.93. The molecule has 1 aliphatic rings. The Morgan fingerprint density at radius 3 is 2.52 bits per heavy atom. The average Bonchev–Trinajstić information content (AvgIpc) is 2.53. The van der Waals surface area contributed by atoms with Gasteiger partial charge in [0.25, 0.3) is 0 Å². The summed E-state index contributed by atoms with van der Waals surface area (Å²) in [5.74, 6) is 1.03. The Morgan fingerprint density at radius 2 is 2.00 bits per heavy atom. The molecule has 0 saturated carbocycles. The van der Waals surface area contributed by atoms with E-state index in [1.807, 2.05) is 17.9 Å². The molecule has 1 aromatic rings. The van der Waals surface area contributed by atoms with Crippen LogP contribution >= 0.6 is 0 Å². The maximum Gasteiger partial charge on any atom is 0.214 e. The highest BCUT2D eigenvalue weighted by Crippen LogP contribution is 2.16. The summed E-state index contributed by atoms with van der Waals surface area (Å²) in [4.78, 5) is 6.29. The van der Waals surface area contributed by atoms with E-state index < -0.39 is 10.0 Å². The molecule has 1 fully saturated rings. The van der Waals surface area contributed by atoms with Gasteiger partial charge in [0.15, 0.2) is 0 Å². The molecule has 0 atom stereocenters. The molecule has 7 heteroatoms. The first kappa shape index (κ1) is 15.7. The average molecular weight is 308 g/mol. The molecule has 21 heavy (non-hydrogen) atoms. The molecule has 0 aromatic carbocycles. The number of nitriles is 1. The zero-order valence-electron chi connectivity index (χ0n) is 12.2. The summed E-state index contributed by atoms with van der Waals surface area (Å²) in [5.41, 5.74) is 0.527. The zero-order valence-corrected chi connectivity index (χ0v) is 13.0. The van der Waals surface area contributed by atoms with E-state index >= 15 is 0 Å². The zero-order chi connectivity index (χ0) is 15.3. The fourth-order valence-electron chi connectivity index (χ4n) is 2.29. The van der Waals surface area contributed by atoms with E-state index in [0.29, 0.717) is 38.2 Å². The van der Waals surface area contributed by atoms with Crippen molar-refractivity contribution >= 4 is 15.8 Å². The van der Waals surface area contributed by atoms with Gasteiger partial charge in [-0.25, -0.2) is 13.4 Å².